The number of rotatable bonds is 6. The van der Waals surface area contributed by atoms with Crippen LogP contribution < -0.4 is 0 Å². The van der Waals surface area contributed by atoms with Crippen LogP contribution in [-0.2, 0) is 10.8 Å². The molecule has 0 unspecified atom stereocenters. The van der Waals surface area contributed by atoms with Gasteiger partial charge < -0.3 is 0 Å². The first-order valence-corrected chi connectivity index (χ1v) is 26.8. The highest BCUT2D eigenvalue weighted by atomic mass is 32.3. The second kappa shape index (κ2) is 13.9. The Labute approximate surface area is 371 Å². The molecule has 0 bridgehead atoms. The van der Waals surface area contributed by atoms with E-state index in [4.69, 9.17) is 0 Å². The average Bonchev–Trinajstić information content (AvgIpc) is 3.67. The Kier molecular flexibility index (Phi) is 8.73. The SMILES string of the molecule is CC1(C)c2ccccc2-c2ccc(S(C)(C)c3ccc(-c4c5ccccc5c(-c5ccc(S(C)(C)c6ccc7c(c6)C(C)(C)c6ccccc6-7)cc5)c5ccccc45)cc3)cc21. The van der Waals surface area contributed by atoms with Gasteiger partial charge in [0.15, 0.2) is 0 Å². The van der Waals surface area contributed by atoms with E-state index >= 15 is 0 Å². The highest BCUT2D eigenvalue weighted by Crippen LogP contribution is 2.61. The number of hydrogen-bond donors (Lipinski definition) is 0. The van der Waals surface area contributed by atoms with Crippen molar-refractivity contribution in [2.24, 2.45) is 0 Å². The van der Waals surface area contributed by atoms with Crippen molar-refractivity contribution in [3.63, 3.8) is 0 Å². The summed E-state index contributed by atoms with van der Waals surface area (Å²) in [4.78, 5) is 5.67. The van der Waals surface area contributed by atoms with E-state index in [1.165, 1.54) is 108 Å². The molecule has 0 N–H and O–H groups in total. The monoisotopic (exact) mass is 838 g/mol. The molecule has 0 fully saturated rings. The first-order chi connectivity index (χ1) is 29.8. The normalized spacial score (nSPS) is 15.2. The molecule has 0 saturated carbocycles. The molecule has 9 aromatic rings. The molecule has 306 valence electrons. The molecule has 0 amide bonds. The molecular weight excluding hydrogens is 785 g/mol. The van der Waals surface area contributed by atoms with E-state index < -0.39 is 20.1 Å². The third-order valence-corrected chi connectivity index (χ3v) is 20.5. The zero-order valence-electron chi connectivity index (χ0n) is 37.1. The Bertz CT molecular complexity index is 2990. The maximum Gasteiger partial charge on any atom is 0.0159 e. The predicted molar refractivity (Wildman–Crippen MR) is 272 cm³/mol. The lowest BCUT2D eigenvalue weighted by Gasteiger charge is -2.34. The quantitative estimate of drug-likeness (QED) is 0.146. The fourth-order valence-corrected chi connectivity index (χ4v) is 14.8. The zero-order chi connectivity index (χ0) is 42.8. The summed E-state index contributed by atoms with van der Waals surface area (Å²) in [5.74, 6) is 0. The van der Waals surface area contributed by atoms with Gasteiger partial charge in [0.2, 0.25) is 0 Å². The van der Waals surface area contributed by atoms with Crippen LogP contribution in [0.2, 0.25) is 0 Å². The van der Waals surface area contributed by atoms with Crippen LogP contribution in [0.25, 0.3) is 66.1 Å². The van der Waals surface area contributed by atoms with Crippen LogP contribution in [0, 0.1) is 0 Å². The predicted octanol–water partition coefficient (Wildman–Crippen LogP) is 16.9. The smallest absolute Gasteiger partial charge is 0.0159 e. The van der Waals surface area contributed by atoms with Gasteiger partial charge in [-0.2, -0.15) is 20.1 Å². The molecule has 2 aliphatic carbocycles. The Morgan fingerprint density at radius 1 is 0.290 bits per heavy atom. The number of fused-ring (bicyclic) bond motifs is 8. The second-order valence-corrected chi connectivity index (χ2v) is 26.5. The van der Waals surface area contributed by atoms with Gasteiger partial charge in [0.05, 0.1) is 0 Å². The van der Waals surface area contributed by atoms with Gasteiger partial charge in [-0.1, -0.05) is 161 Å². The zero-order valence-corrected chi connectivity index (χ0v) is 38.8. The molecule has 0 spiro atoms. The van der Waals surface area contributed by atoms with Crippen LogP contribution in [0.15, 0.2) is 202 Å². The molecule has 0 radical (unpaired) electrons. The van der Waals surface area contributed by atoms with Crippen molar-refractivity contribution in [1.29, 1.82) is 0 Å². The Morgan fingerprint density at radius 2 is 0.581 bits per heavy atom. The van der Waals surface area contributed by atoms with Gasteiger partial charge >= 0.3 is 0 Å². The summed E-state index contributed by atoms with van der Waals surface area (Å²) in [5.41, 5.74) is 16.4. The maximum absolute atomic E-state index is 2.51. The van der Waals surface area contributed by atoms with E-state index in [-0.39, 0.29) is 10.8 Å². The summed E-state index contributed by atoms with van der Waals surface area (Å²) >= 11 is 0. The van der Waals surface area contributed by atoms with E-state index in [9.17, 15) is 0 Å². The summed E-state index contributed by atoms with van der Waals surface area (Å²) in [6.45, 7) is 9.52. The molecule has 9 aromatic carbocycles. The van der Waals surface area contributed by atoms with Gasteiger partial charge in [-0.15, -0.1) is 0 Å². The van der Waals surface area contributed by atoms with Crippen LogP contribution in [-0.4, -0.2) is 25.0 Å². The molecule has 2 heteroatoms. The van der Waals surface area contributed by atoms with Crippen molar-refractivity contribution >= 4 is 41.6 Å². The van der Waals surface area contributed by atoms with Crippen molar-refractivity contribution in [3.8, 4) is 44.5 Å². The highest BCUT2D eigenvalue weighted by molar-refractivity contribution is 8.33. The third kappa shape index (κ3) is 5.69. The minimum Gasteiger partial charge on any atom is -0.194 e. The van der Waals surface area contributed by atoms with Crippen molar-refractivity contribution in [1.82, 2.24) is 0 Å². The van der Waals surface area contributed by atoms with Crippen molar-refractivity contribution in [2.75, 3.05) is 25.0 Å². The van der Waals surface area contributed by atoms with Crippen LogP contribution >= 0.6 is 20.1 Å². The molecule has 2 aliphatic rings. The van der Waals surface area contributed by atoms with Crippen LogP contribution in [0.3, 0.4) is 0 Å². The van der Waals surface area contributed by atoms with Gasteiger partial charge in [0.25, 0.3) is 0 Å². The van der Waals surface area contributed by atoms with Gasteiger partial charge in [0.1, 0.15) is 0 Å². The lowest BCUT2D eigenvalue weighted by atomic mass is 9.82. The van der Waals surface area contributed by atoms with Gasteiger partial charge in [0, 0.05) is 10.8 Å². The Balaban J connectivity index is 0.951. The lowest BCUT2D eigenvalue weighted by molar-refractivity contribution is 0.658. The van der Waals surface area contributed by atoms with Crippen LogP contribution in [0.5, 0.6) is 0 Å². The van der Waals surface area contributed by atoms with Crippen molar-refractivity contribution < 1.29 is 0 Å². The van der Waals surface area contributed by atoms with Crippen LogP contribution in [0.1, 0.15) is 49.9 Å². The Morgan fingerprint density at radius 3 is 0.935 bits per heavy atom. The third-order valence-electron chi connectivity index (χ3n) is 14.7. The molecule has 0 heterocycles. The van der Waals surface area contributed by atoms with Crippen molar-refractivity contribution in [2.45, 2.75) is 58.1 Å². The molecular formula is C60H54S2. The van der Waals surface area contributed by atoms with E-state index in [2.05, 4.69) is 235 Å². The van der Waals surface area contributed by atoms with E-state index in [1.807, 2.05) is 0 Å². The summed E-state index contributed by atoms with van der Waals surface area (Å²) in [7, 11) is -2.55. The first kappa shape index (κ1) is 39.1. The highest BCUT2D eigenvalue weighted by Gasteiger charge is 2.37. The number of benzene rings is 9. The average molecular weight is 839 g/mol. The maximum atomic E-state index is 2.51. The van der Waals surface area contributed by atoms with E-state index in [1.54, 1.807) is 0 Å². The minimum absolute atomic E-state index is 0.0105. The molecule has 11 rings (SSSR count). The summed E-state index contributed by atoms with van der Waals surface area (Å²) < 4.78 is 0. The number of hydrogen-bond acceptors (Lipinski definition) is 0. The minimum atomic E-state index is -1.27. The topological polar surface area (TPSA) is 0 Å². The lowest BCUT2D eigenvalue weighted by Crippen LogP contribution is -2.15. The molecule has 0 nitrogen and oxygen atoms in total. The van der Waals surface area contributed by atoms with Crippen molar-refractivity contribution in [3.05, 3.63) is 204 Å². The second-order valence-electron chi connectivity index (χ2n) is 19.3. The molecule has 0 saturated heterocycles. The first-order valence-electron chi connectivity index (χ1n) is 21.9. The molecule has 62 heavy (non-hydrogen) atoms. The van der Waals surface area contributed by atoms with Gasteiger partial charge in [-0.3, -0.25) is 0 Å². The van der Waals surface area contributed by atoms with E-state index in [0.29, 0.717) is 0 Å². The molecule has 0 aromatic heterocycles. The fraction of sp³-hybridized carbons (Fsp3) is 0.167. The summed E-state index contributed by atoms with van der Waals surface area (Å²) in [5, 5.41) is 5.16. The standard InChI is InChI=1S/C60H54S2/c1-59(2)53-23-15-13-17-45(53)47-35-33-43(37-55(47)59)61(5,6)41-29-25-39(26-30-41)57-49-19-9-11-21-51(49)58(52-22-12-10-20-50(52)57)40-27-31-42(32-28-40)62(7,8)44-34-36-48-46-18-14-16-24-54(46)60(3,4)56(48)38-44/h9-38H,1-8H3. The van der Waals surface area contributed by atoms with Gasteiger partial charge in [-0.25, -0.2) is 0 Å². The summed E-state index contributed by atoms with van der Waals surface area (Å²) in [6.07, 6.45) is 9.83. The van der Waals surface area contributed by atoms with Gasteiger partial charge in [-0.05, 0) is 181 Å². The molecule has 0 aliphatic heterocycles. The molecule has 0 atom stereocenters. The van der Waals surface area contributed by atoms with Crippen LogP contribution in [0.4, 0.5) is 0 Å². The Hall–Kier alpha value is -5.80. The largest absolute Gasteiger partial charge is 0.194 e. The van der Waals surface area contributed by atoms with E-state index in [0.717, 1.165) is 0 Å². The summed E-state index contributed by atoms with van der Waals surface area (Å²) in [6, 6.07) is 69.7. The fourth-order valence-electron chi connectivity index (χ4n) is 10.9.